The summed E-state index contributed by atoms with van der Waals surface area (Å²) < 4.78 is 32.5. The summed E-state index contributed by atoms with van der Waals surface area (Å²) >= 11 is 0. The maximum atomic E-state index is 13.0. The lowest BCUT2D eigenvalue weighted by atomic mass is 9.97. The maximum absolute atomic E-state index is 13.0. The number of hydrogen-bond donors (Lipinski definition) is 1. The van der Waals surface area contributed by atoms with Crippen LogP contribution in [-0.4, -0.2) is 47.6 Å². The third kappa shape index (κ3) is 4.40. The van der Waals surface area contributed by atoms with Gasteiger partial charge in [-0.15, -0.1) is 0 Å². The van der Waals surface area contributed by atoms with Gasteiger partial charge in [-0.25, -0.2) is 8.42 Å². The molecule has 2 atom stereocenters. The number of carbonyl (C=O) groups excluding carboxylic acids is 1. The number of benzene rings is 1. The molecule has 1 saturated heterocycles. The van der Waals surface area contributed by atoms with Crippen LogP contribution in [0.25, 0.3) is 0 Å². The molecule has 1 aliphatic heterocycles. The first kappa shape index (κ1) is 19.9. The molecule has 2 rings (SSSR count). The Morgan fingerprint density at radius 3 is 2.36 bits per heavy atom. The highest BCUT2D eigenvalue weighted by atomic mass is 32.2. The molecule has 0 aromatic heterocycles. The predicted molar refractivity (Wildman–Crippen MR) is 94.6 cm³/mol. The van der Waals surface area contributed by atoms with Crippen molar-refractivity contribution >= 4 is 16.0 Å². The minimum atomic E-state index is -3.91. The average Bonchev–Trinajstić information content (AvgIpc) is 2.86. The molecule has 25 heavy (non-hydrogen) atoms. The van der Waals surface area contributed by atoms with Crippen LogP contribution in [0, 0.1) is 6.92 Å². The van der Waals surface area contributed by atoms with Crippen molar-refractivity contribution in [2.75, 3.05) is 6.54 Å². The Balaban J connectivity index is 2.40. The number of hydrogen-bond acceptors (Lipinski definition) is 5. The van der Waals surface area contributed by atoms with Crippen molar-refractivity contribution in [1.29, 1.82) is 0 Å². The fourth-order valence-corrected chi connectivity index (χ4v) is 4.51. The largest absolute Gasteiger partial charge is 0.459 e. The summed E-state index contributed by atoms with van der Waals surface area (Å²) in [4.78, 5) is 12.7. The molecule has 1 aromatic carbocycles. The van der Waals surface area contributed by atoms with E-state index in [4.69, 9.17) is 4.74 Å². The van der Waals surface area contributed by atoms with Crippen LogP contribution in [0.4, 0.5) is 0 Å². The zero-order valence-corrected chi connectivity index (χ0v) is 16.3. The summed E-state index contributed by atoms with van der Waals surface area (Å²) in [7, 11) is -3.91. The van der Waals surface area contributed by atoms with Crippen LogP contribution in [0.15, 0.2) is 29.2 Å². The SMILES string of the molecule is CC[C@]1(O)C[C@@H](C(=O)OC(C)(C)C)N(S(=O)(=O)c2ccc(C)cc2)C1. The standard InChI is InChI=1S/C18H27NO5S/c1-6-18(21)11-15(16(20)24-17(3,4)5)19(12-18)25(22,23)14-9-7-13(2)8-10-14/h7-10,15,21H,6,11-12H2,1-5H3/t15-,18-/m0/s1. The van der Waals surface area contributed by atoms with Gasteiger partial charge in [0.05, 0.1) is 10.5 Å². The number of nitrogens with zero attached hydrogens (tertiary/aromatic N) is 1. The molecule has 7 heteroatoms. The molecule has 0 aliphatic carbocycles. The zero-order valence-electron chi connectivity index (χ0n) is 15.4. The van der Waals surface area contributed by atoms with Crippen molar-refractivity contribution in [3.63, 3.8) is 0 Å². The number of esters is 1. The fourth-order valence-electron chi connectivity index (χ4n) is 2.85. The van der Waals surface area contributed by atoms with E-state index in [0.29, 0.717) is 6.42 Å². The van der Waals surface area contributed by atoms with Crippen molar-refractivity contribution in [3.8, 4) is 0 Å². The molecule has 0 saturated carbocycles. The smallest absolute Gasteiger partial charge is 0.325 e. The normalized spacial score (nSPS) is 25.1. The zero-order chi connectivity index (χ0) is 19.0. The van der Waals surface area contributed by atoms with E-state index >= 15 is 0 Å². The molecular formula is C18H27NO5S. The van der Waals surface area contributed by atoms with Crippen molar-refractivity contribution < 1.29 is 23.1 Å². The van der Waals surface area contributed by atoms with Crippen LogP contribution < -0.4 is 0 Å². The Hall–Kier alpha value is -1.44. The van der Waals surface area contributed by atoms with E-state index in [9.17, 15) is 18.3 Å². The molecule has 1 aliphatic rings. The van der Waals surface area contributed by atoms with Crippen LogP contribution in [0.3, 0.4) is 0 Å². The molecule has 0 bridgehead atoms. The number of β-amino-alcohol motifs (C(OH)–C–C–N with tert-alkyl or cyclic N) is 1. The highest BCUT2D eigenvalue weighted by molar-refractivity contribution is 7.89. The van der Waals surface area contributed by atoms with Gasteiger partial charge in [0.15, 0.2) is 0 Å². The number of rotatable bonds is 4. The van der Waals surface area contributed by atoms with Gasteiger partial charge in [-0.05, 0) is 46.2 Å². The number of aryl methyl sites for hydroxylation is 1. The first-order chi connectivity index (χ1) is 11.4. The van der Waals surface area contributed by atoms with Gasteiger partial charge in [-0.2, -0.15) is 4.31 Å². The molecule has 0 amide bonds. The second kappa shape index (κ2) is 6.70. The summed E-state index contributed by atoms with van der Waals surface area (Å²) in [6.45, 7) is 8.70. The minimum absolute atomic E-state index is 0.0313. The summed E-state index contributed by atoms with van der Waals surface area (Å²) in [6.07, 6.45) is 0.385. The quantitative estimate of drug-likeness (QED) is 0.823. The molecule has 0 spiro atoms. The number of carbonyl (C=O) groups is 1. The minimum Gasteiger partial charge on any atom is -0.459 e. The highest BCUT2D eigenvalue weighted by Crippen LogP contribution is 2.35. The first-order valence-corrected chi connectivity index (χ1v) is 9.86. The monoisotopic (exact) mass is 369 g/mol. The molecule has 140 valence electrons. The Morgan fingerprint density at radius 2 is 1.88 bits per heavy atom. The van der Waals surface area contributed by atoms with E-state index in [2.05, 4.69) is 0 Å². The molecule has 1 N–H and O–H groups in total. The Morgan fingerprint density at radius 1 is 1.32 bits per heavy atom. The molecule has 1 fully saturated rings. The van der Waals surface area contributed by atoms with Crippen LogP contribution in [-0.2, 0) is 19.6 Å². The van der Waals surface area contributed by atoms with Gasteiger partial charge >= 0.3 is 5.97 Å². The Labute approximate surface area is 149 Å². The summed E-state index contributed by atoms with van der Waals surface area (Å²) in [5, 5.41) is 10.6. The topological polar surface area (TPSA) is 83.9 Å². The van der Waals surface area contributed by atoms with Crippen molar-refractivity contribution in [1.82, 2.24) is 4.31 Å². The maximum Gasteiger partial charge on any atom is 0.325 e. The van der Waals surface area contributed by atoms with Crippen molar-refractivity contribution in [2.45, 2.75) is 69.6 Å². The molecule has 0 unspecified atom stereocenters. The van der Waals surface area contributed by atoms with E-state index in [-0.39, 0.29) is 17.9 Å². The molecule has 1 heterocycles. The number of sulfonamides is 1. The summed E-state index contributed by atoms with van der Waals surface area (Å²) in [6, 6.07) is 5.41. The van der Waals surface area contributed by atoms with Gasteiger partial charge in [0, 0.05) is 13.0 Å². The van der Waals surface area contributed by atoms with Gasteiger partial charge in [-0.1, -0.05) is 24.6 Å². The molecule has 1 aromatic rings. The van der Waals surface area contributed by atoms with Gasteiger partial charge in [0.1, 0.15) is 11.6 Å². The lowest BCUT2D eigenvalue weighted by Gasteiger charge is -2.26. The first-order valence-electron chi connectivity index (χ1n) is 8.42. The van der Waals surface area contributed by atoms with Gasteiger partial charge < -0.3 is 9.84 Å². The van der Waals surface area contributed by atoms with Crippen molar-refractivity contribution in [2.24, 2.45) is 0 Å². The third-order valence-electron chi connectivity index (χ3n) is 4.34. The lowest BCUT2D eigenvalue weighted by Crippen LogP contribution is -2.43. The molecule has 0 radical (unpaired) electrons. The van der Waals surface area contributed by atoms with Crippen molar-refractivity contribution in [3.05, 3.63) is 29.8 Å². The molecular weight excluding hydrogens is 342 g/mol. The predicted octanol–water partition coefficient (Wildman–Crippen LogP) is 2.24. The Kier molecular flexibility index (Phi) is 5.33. The van der Waals surface area contributed by atoms with E-state index in [1.807, 2.05) is 6.92 Å². The van der Waals surface area contributed by atoms with Crippen LogP contribution >= 0.6 is 0 Å². The van der Waals surface area contributed by atoms with Gasteiger partial charge in [-0.3, -0.25) is 4.79 Å². The fraction of sp³-hybridized carbons (Fsp3) is 0.611. The highest BCUT2D eigenvalue weighted by Gasteiger charge is 2.51. The third-order valence-corrected chi connectivity index (χ3v) is 6.20. The number of aliphatic hydroxyl groups is 1. The van der Waals surface area contributed by atoms with E-state index in [1.54, 1.807) is 39.8 Å². The van der Waals surface area contributed by atoms with E-state index in [1.165, 1.54) is 12.1 Å². The van der Waals surface area contributed by atoms with Gasteiger partial charge in [0.2, 0.25) is 10.0 Å². The Bertz CT molecular complexity index is 736. The van der Waals surface area contributed by atoms with E-state index in [0.717, 1.165) is 9.87 Å². The lowest BCUT2D eigenvalue weighted by molar-refractivity contribution is -0.159. The average molecular weight is 369 g/mol. The number of ether oxygens (including phenoxy) is 1. The van der Waals surface area contributed by atoms with Crippen LogP contribution in [0.1, 0.15) is 46.1 Å². The second-order valence-electron chi connectivity index (χ2n) is 7.69. The second-order valence-corrected chi connectivity index (χ2v) is 9.59. The summed E-state index contributed by atoms with van der Waals surface area (Å²) in [5.41, 5.74) is -1.03. The van der Waals surface area contributed by atoms with Gasteiger partial charge in [0.25, 0.3) is 0 Å². The van der Waals surface area contributed by atoms with Crippen LogP contribution in [0.2, 0.25) is 0 Å². The van der Waals surface area contributed by atoms with E-state index < -0.39 is 33.2 Å². The van der Waals surface area contributed by atoms with Crippen LogP contribution in [0.5, 0.6) is 0 Å². The summed E-state index contributed by atoms with van der Waals surface area (Å²) in [5.74, 6) is -0.632. The molecule has 6 nitrogen and oxygen atoms in total.